The summed E-state index contributed by atoms with van der Waals surface area (Å²) in [6.45, 7) is 7.72. The van der Waals surface area contributed by atoms with Crippen molar-refractivity contribution in [3.8, 4) is 0 Å². The van der Waals surface area contributed by atoms with Crippen molar-refractivity contribution in [2.24, 2.45) is 0 Å². The molecule has 0 fully saturated rings. The van der Waals surface area contributed by atoms with Crippen LogP contribution in [-0.2, 0) is 4.79 Å². The van der Waals surface area contributed by atoms with Crippen LogP contribution in [0.4, 0.5) is 0 Å². The summed E-state index contributed by atoms with van der Waals surface area (Å²) >= 11 is 0. The average Bonchev–Trinajstić information content (AvgIpc) is 1.85. The van der Waals surface area contributed by atoms with Crippen molar-refractivity contribution in [2.45, 2.75) is 26.7 Å². The van der Waals surface area contributed by atoms with Gasteiger partial charge in [0.05, 0.1) is 0 Å². The third-order valence-corrected chi connectivity index (χ3v) is 1.30. The van der Waals surface area contributed by atoms with Crippen molar-refractivity contribution in [2.75, 3.05) is 0 Å². The molecule has 0 saturated heterocycles. The molecule has 0 radical (unpaired) electrons. The molecule has 0 spiro atoms. The number of hydrogen-bond donors (Lipinski definition) is 0. The van der Waals surface area contributed by atoms with Gasteiger partial charge >= 0.3 is 0 Å². The number of rotatable bonds is 4. The van der Waals surface area contributed by atoms with Gasteiger partial charge in [0.25, 0.3) is 0 Å². The summed E-state index contributed by atoms with van der Waals surface area (Å²) in [5, 5.41) is 0. The second kappa shape index (κ2) is 4.98. The molecule has 0 aliphatic carbocycles. The molecule has 0 aromatic rings. The molecule has 0 aromatic carbocycles. The highest BCUT2D eigenvalue weighted by Crippen LogP contribution is 2.07. The Kier molecular flexibility index (Phi) is 4.55. The lowest BCUT2D eigenvalue weighted by atomic mass is 10.1. The fourth-order valence-electron chi connectivity index (χ4n) is 0.610. The monoisotopic (exact) mass is 138 g/mol. The van der Waals surface area contributed by atoms with Crippen molar-refractivity contribution < 1.29 is 4.79 Å². The van der Waals surface area contributed by atoms with Gasteiger partial charge in [-0.1, -0.05) is 11.1 Å². The zero-order valence-electron chi connectivity index (χ0n) is 6.68. The van der Waals surface area contributed by atoms with Crippen LogP contribution in [0.25, 0.3) is 0 Å². The predicted molar refractivity (Wildman–Crippen MR) is 43.9 cm³/mol. The quantitative estimate of drug-likeness (QED) is 0.331. The van der Waals surface area contributed by atoms with Crippen molar-refractivity contribution >= 4 is 6.29 Å². The van der Waals surface area contributed by atoms with Crippen LogP contribution in [0.15, 0.2) is 23.8 Å². The van der Waals surface area contributed by atoms with E-state index in [-0.39, 0.29) is 0 Å². The average molecular weight is 138 g/mol. The van der Waals surface area contributed by atoms with E-state index in [9.17, 15) is 4.79 Å². The van der Waals surface area contributed by atoms with E-state index in [1.807, 2.05) is 13.8 Å². The van der Waals surface area contributed by atoms with E-state index >= 15 is 0 Å². The molecule has 0 unspecified atom stereocenters. The summed E-state index contributed by atoms with van der Waals surface area (Å²) in [4.78, 5) is 9.96. The van der Waals surface area contributed by atoms with Crippen LogP contribution in [0.3, 0.4) is 0 Å². The molecule has 0 bridgehead atoms. The van der Waals surface area contributed by atoms with Crippen LogP contribution in [0.2, 0.25) is 0 Å². The summed E-state index contributed by atoms with van der Waals surface area (Å²) in [6, 6.07) is 0. The smallest absolute Gasteiger partial charge is 0.142 e. The minimum atomic E-state index is 0.827. The molecule has 10 heavy (non-hydrogen) atoms. The maximum absolute atomic E-state index is 9.96. The van der Waals surface area contributed by atoms with Gasteiger partial charge in [-0.15, -0.1) is 6.58 Å². The summed E-state index contributed by atoms with van der Waals surface area (Å²) < 4.78 is 0. The molecule has 0 atom stereocenters. The number of carbonyl (C=O) groups is 1. The Morgan fingerprint density at radius 2 is 2.00 bits per heavy atom. The first-order valence-electron chi connectivity index (χ1n) is 3.42. The van der Waals surface area contributed by atoms with Gasteiger partial charge in [-0.2, -0.15) is 0 Å². The van der Waals surface area contributed by atoms with Crippen molar-refractivity contribution in [3.63, 3.8) is 0 Å². The maximum Gasteiger partial charge on any atom is 0.142 e. The second-order valence-electron chi connectivity index (χ2n) is 2.61. The first-order valence-corrected chi connectivity index (χ1v) is 3.42. The molecular formula is C9H14O. The molecule has 1 nitrogen and oxygen atoms in total. The molecular weight excluding hydrogens is 124 g/mol. The fourth-order valence-corrected chi connectivity index (χ4v) is 0.610. The number of allylic oxidation sites excluding steroid dienone is 3. The zero-order valence-corrected chi connectivity index (χ0v) is 6.68. The number of carbonyl (C=O) groups excluding carboxylic acids is 1. The molecule has 0 amide bonds. The standard InChI is InChI=1S/C9H14O/c1-8(2)4-5-9(3)6-7-10/h6-7H,1,4-5H2,2-3H3/b9-6+. The third kappa shape index (κ3) is 5.29. The SMILES string of the molecule is C=C(C)CC/C(C)=C/C=O. The van der Waals surface area contributed by atoms with Crippen LogP contribution in [0.1, 0.15) is 26.7 Å². The Hall–Kier alpha value is -0.850. The molecule has 0 saturated carbocycles. The van der Waals surface area contributed by atoms with Gasteiger partial charge in [0.1, 0.15) is 6.29 Å². The highest BCUT2D eigenvalue weighted by Gasteiger charge is 1.89. The fraction of sp³-hybridized carbons (Fsp3) is 0.444. The van der Waals surface area contributed by atoms with Gasteiger partial charge < -0.3 is 0 Å². The van der Waals surface area contributed by atoms with Gasteiger partial charge in [0.15, 0.2) is 0 Å². The molecule has 0 aliphatic rings. The molecule has 1 heteroatoms. The van der Waals surface area contributed by atoms with Gasteiger partial charge in [-0.25, -0.2) is 0 Å². The van der Waals surface area contributed by atoms with E-state index in [0.29, 0.717) is 0 Å². The van der Waals surface area contributed by atoms with Crippen LogP contribution in [0.5, 0.6) is 0 Å². The number of aldehydes is 1. The normalized spacial score (nSPS) is 11.2. The highest BCUT2D eigenvalue weighted by atomic mass is 16.1. The Bertz CT molecular complexity index is 154. The Morgan fingerprint density at radius 1 is 1.40 bits per heavy atom. The van der Waals surface area contributed by atoms with Crippen LogP contribution < -0.4 is 0 Å². The van der Waals surface area contributed by atoms with Crippen molar-refractivity contribution in [1.29, 1.82) is 0 Å². The lowest BCUT2D eigenvalue weighted by Crippen LogP contribution is -1.79. The molecule has 0 aromatic heterocycles. The number of hydrogen-bond acceptors (Lipinski definition) is 1. The minimum absolute atomic E-state index is 0.827. The van der Waals surface area contributed by atoms with Gasteiger partial charge in [0.2, 0.25) is 0 Å². The Balaban J connectivity index is 3.58. The largest absolute Gasteiger partial charge is 0.299 e. The summed E-state index contributed by atoms with van der Waals surface area (Å²) in [5.74, 6) is 0. The van der Waals surface area contributed by atoms with E-state index in [2.05, 4.69) is 6.58 Å². The van der Waals surface area contributed by atoms with Crippen molar-refractivity contribution in [3.05, 3.63) is 23.8 Å². The molecule has 0 rings (SSSR count). The first kappa shape index (κ1) is 9.15. The zero-order chi connectivity index (χ0) is 7.98. The molecule has 0 N–H and O–H groups in total. The minimum Gasteiger partial charge on any atom is -0.299 e. The molecule has 0 aliphatic heterocycles. The second-order valence-corrected chi connectivity index (χ2v) is 2.61. The lowest BCUT2D eigenvalue weighted by molar-refractivity contribution is -0.104. The summed E-state index contributed by atoms with van der Waals surface area (Å²) in [5.41, 5.74) is 2.29. The first-order chi connectivity index (χ1) is 4.66. The Morgan fingerprint density at radius 3 is 2.40 bits per heavy atom. The molecule has 0 heterocycles. The van der Waals surface area contributed by atoms with E-state index in [4.69, 9.17) is 0 Å². The van der Waals surface area contributed by atoms with E-state index in [0.717, 1.165) is 24.7 Å². The van der Waals surface area contributed by atoms with Gasteiger partial charge in [-0.05, 0) is 32.8 Å². The highest BCUT2D eigenvalue weighted by molar-refractivity contribution is 5.65. The van der Waals surface area contributed by atoms with E-state index < -0.39 is 0 Å². The molecule has 56 valence electrons. The third-order valence-electron chi connectivity index (χ3n) is 1.30. The van der Waals surface area contributed by atoms with Crippen LogP contribution >= 0.6 is 0 Å². The van der Waals surface area contributed by atoms with Gasteiger partial charge in [-0.3, -0.25) is 4.79 Å². The van der Waals surface area contributed by atoms with Gasteiger partial charge in [0, 0.05) is 0 Å². The summed E-state index contributed by atoms with van der Waals surface area (Å²) in [7, 11) is 0. The van der Waals surface area contributed by atoms with E-state index in [1.165, 1.54) is 5.57 Å². The topological polar surface area (TPSA) is 17.1 Å². The van der Waals surface area contributed by atoms with Crippen molar-refractivity contribution in [1.82, 2.24) is 0 Å². The van der Waals surface area contributed by atoms with E-state index in [1.54, 1.807) is 6.08 Å². The van der Waals surface area contributed by atoms with Crippen LogP contribution in [-0.4, -0.2) is 6.29 Å². The maximum atomic E-state index is 9.96. The lowest BCUT2D eigenvalue weighted by Gasteiger charge is -1.97. The predicted octanol–water partition coefficient (Wildman–Crippen LogP) is 2.49. The Labute approximate surface area is 62.4 Å². The summed E-state index contributed by atoms with van der Waals surface area (Å²) in [6.07, 6.45) is 4.36. The van der Waals surface area contributed by atoms with Crippen LogP contribution in [0, 0.1) is 0 Å².